The first-order chi connectivity index (χ1) is 15.1. The highest BCUT2D eigenvalue weighted by molar-refractivity contribution is 6.08. The molecule has 1 saturated heterocycles. The summed E-state index contributed by atoms with van der Waals surface area (Å²) in [4.78, 5) is 37.5. The topological polar surface area (TPSA) is 75.2 Å². The molecule has 4 bridgehead atoms. The smallest absolute Gasteiger partial charge is 0.322 e. The van der Waals surface area contributed by atoms with Gasteiger partial charge >= 0.3 is 6.03 Å². The summed E-state index contributed by atoms with van der Waals surface area (Å²) in [5, 5.41) is 3.19. The number of amides is 3. The van der Waals surface area contributed by atoms with E-state index in [1.807, 2.05) is 24.3 Å². The quantitative estimate of drug-likeness (QED) is 0.757. The Hall–Kier alpha value is -2.76. The minimum atomic E-state index is -0.969. The molecule has 5 aliphatic rings. The summed E-state index contributed by atoms with van der Waals surface area (Å²) in [6.45, 7) is 0. The van der Waals surface area contributed by atoms with Gasteiger partial charge in [-0.15, -0.1) is 0 Å². The molecule has 0 spiro atoms. The Morgan fingerprint density at radius 1 is 0.806 bits per heavy atom. The van der Waals surface area contributed by atoms with Crippen LogP contribution in [0.1, 0.15) is 49.7 Å². The monoisotopic (exact) mass is 416 g/mol. The summed E-state index contributed by atoms with van der Waals surface area (Å²) in [5.41, 5.74) is 0.757. The molecule has 6 heteroatoms. The Bertz CT molecular complexity index is 930. The van der Waals surface area contributed by atoms with Crippen LogP contribution in [0.25, 0.3) is 0 Å². The molecule has 5 fully saturated rings. The van der Waals surface area contributed by atoms with Gasteiger partial charge in [0.05, 0.1) is 5.54 Å². The minimum Gasteiger partial charge on any atom is -0.322 e. The molecule has 1 N–H and O–H groups in total. The standard InChI is InChI=1S/C25H28N4O2/c30-22-25(15-17-1-5-26-6-2-17,16-18-3-7-27-8-4-18)28-23(31)29(22)24-12-19-9-20(13-24)11-21(10-19)14-24/h1-8,19-21H,9-16H2,(H,28,31). The van der Waals surface area contributed by atoms with Gasteiger partial charge in [0.2, 0.25) is 0 Å². The van der Waals surface area contributed by atoms with Crippen molar-refractivity contribution in [3.63, 3.8) is 0 Å². The Kier molecular flexibility index (Phi) is 4.20. The van der Waals surface area contributed by atoms with Gasteiger partial charge in [0.25, 0.3) is 5.91 Å². The number of imide groups is 1. The molecule has 0 atom stereocenters. The molecule has 2 aromatic heterocycles. The lowest BCUT2D eigenvalue weighted by molar-refractivity contribution is -0.144. The molecule has 0 unspecified atom stereocenters. The summed E-state index contributed by atoms with van der Waals surface area (Å²) in [5.74, 6) is 1.96. The molecule has 6 nitrogen and oxygen atoms in total. The van der Waals surface area contributed by atoms with Gasteiger partial charge in [-0.3, -0.25) is 19.7 Å². The van der Waals surface area contributed by atoms with Gasteiger partial charge in [0.1, 0.15) is 5.54 Å². The lowest BCUT2D eigenvalue weighted by atomic mass is 9.52. The van der Waals surface area contributed by atoms with Crippen molar-refractivity contribution in [1.29, 1.82) is 0 Å². The fourth-order valence-corrected chi connectivity index (χ4v) is 7.39. The second-order valence-electron chi connectivity index (χ2n) is 10.4. The van der Waals surface area contributed by atoms with E-state index in [1.165, 1.54) is 19.3 Å². The van der Waals surface area contributed by atoms with Crippen LogP contribution in [-0.4, -0.2) is 37.9 Å². The van der Waals surface area contributed by atoms with Gasteiger partial charge in [0, 0.05) is 37.6 Å². The molecule has 0 aromatic carbocycles. The van der Waals surface area contributed by atoms with Crippen LogP contribution >= 0.6 is 0 Å². The largest absolute Gasteiger partial charge is 0.325 e. The fraction of sp³-hybridized carbons (Fsp3) is 0.520. The van der Waals surface area contributed by atoms with E-state index < -0.39 is 5.54 Å². The number of hydrogen-bond acceptors (Lipinski definition) is 4. The number of aromatic nitrogens is 2. The zero-order valence-corrected chi connectivity index (χ0v) is 17.7. The summed E-state index contributed by atoms with van der Waals surface area (Å²) in [6.07, 6.45) is 14.7. The lowest BCUT2D eigenvalue weighted by Crippen LogP contribution is -2.62. The van der Waals surface area contributed by atoms with E-state index in [4.69, 9.17) is 0 Å². The molecular formula is C25H28N4O2. The number of rotatable bonds is 5. The predicted octanol–water partition coefficient (Wildman–Crippen LogP) is 3.52. The van der Waals surface area contributed by atoms with Crippen LogP contribution in [0.5, 0.6) is 0 Å². The summed E-state index contributed by atoms with van der Waals surface area (Å²) in [6, 6.07) is 7.53. The van der Waals surface area contributed by atoms with Crippen molar-refractivity contribution in [2.24, 2.45) is 17.8 Å². The summed E-state index contributed by atoms with van der Waals surface area (Å²) >= 11 is 0. The molecule has 3 heterocycles. The second kappa shape index (κ2) is 6.87. The van der Waals surface area contributed by atoms with Crippen LogP contribution in [0, 0.1) is 17.8 Å². The Morgan fingerprint density at radius 2 is 1.26 bits per heavy atom. The molecular weight excluding hydrogens is 388 g/mol. The van der Waals surface area contributed by atoms with Gasteiger partial charge < -0.3 is 5.32 Å². The average Bonchev–Trinajstić information content (AvgIpc) is 2.98. The average molecular weight is 417 g/mol. The van der Waals surface area contributed by atoms with Crippen molar-refractivity contribution in [2.75, 3.05) is 0 Å². The van der Waals surface area contributed by atoms with E-state index in [0.717, 1.165) is 30.4 Å². The van der Waals surface area contributed by atoms with Crippen LogP contribution < -0.4 is 5.32 Å². The van der Waals surface area contributed by atoms with Crippen molar-refractivity contribution in [1.82, 2.24) is 20.2 Å². The third kappa shape index (κ3) is 3.07. The number of pyridine rings is 2. The first-order valence-corrected chi connectivity index (χ1v) is 11.5. The minimum absolute atomic E-state index is 0.0481. The van der Waals surface area contributed by atoms with E-state index in [9.17, 15) is 9.59 Å². The number of nitrogens with zero attached hydrogens (tertiary/aromatic N) is 3. The van der Waals surface area contributed by atoms with Gasteiger partial charge in [0.15, 0.2) is 0 Å². The number of hydrogen-bond donors (Lipinski definition) is 1. The van der Waals surface area contributed by atoms with E-state index in [1.54, 1.807) is 29.7 Å². The third-order valence-corrected chi connectivity index (χ3v) is 8.15. The number of urea groups is 1. The van der Waals surface area contributed by atoms with Gasteiger partial charge in [-0.05, 0) is 91.7 Å². The van der Waals surface area contributed by atoms with E-state index in [-0.39, 0.29) is 17.5 Å². The molecule has 4 saturated carbocycles. The first kappa shape index (κ1) is 19.0. The maximum atomic E-state index is 14.2. The Labute approximate surface area is 182 Å². The lowest BCUT2D eigenvalue weighted by Gasteiger charge is -2.58. The van der Waals surface area contributed by atoms with Crippen LogP contribution in [0.3, 0.4) is 0 Å². The molecule has 3 amide bonds. The molecule has 31 heavy (non-hydrogen) atoms. The van der Waals surface area contributed by atoms with Crippen LogP contribution in [0.2, 0.25) is 0 Å². The van der Waals surface area contributed by atoms with Crippen molar-refractivity contribution < 1.29 is 9.59 Å². The van der Waals surface area contributed by atoms with E-state index >= 15 is 0 Å². The highest BCUT2D eigenvalue weighted by Gasteiger charge is 2.62. The van der Waals surface area contributed by atoms with Gasteiger partial charge in [-0.2, -0.15) is 0 Å². The zero-order chi connectivity index (χ0) is 21.1. The Balaban J connectivity index is 1.38. The van der Waals surface area contributed by atoms with Crippen molar-refractivity contribution in [3.8, 4) is 0 Å². The maximum Gasteiger partial charge on any atom is 0.325 e. The SMILES string of the molecule is O=C1NC(Cc2ccncc2)(Cc2ccncc2)C(=O)N1C12CC3CC(CC(C3)C1)C2. The first-order valence-electron chi connectivity index (χ1n) is 11.5. The zero-order valence-electron chi connectivity index (χ0n) is 17.7. The second-order valence-corrected chi connectivity index (χ2v) is 10.4. The van der Waals surface area contributed by atoms with Crippen LogP contribution in [0.4, 0.5) is 4.79 Å². The van der Waals surface area contributed by atoms with Crippen LogP contribution in [0.15, 0.2) is 49.1 Å². The van der Waals surface area contributed by atoms with Crippen LogP contribution in [-0.2, 0) is 17.6 Å². The van der Waals surface area contributed by atoms with E-state index in [2.05, 4.69) is 15.3 Å². The maximum absolute atomic E-state index is 14.2. The molecule has 1 aliphatic heterocycles. The molecule has 0 radical (unpaired) electrons. The summed E-state index contributed by atoms with van der Waals surface area (Å²) < 4.78 is 0. The fourth-order valence-electron chi connectivity index (χ4n) is 7.39. The predicted molar refractivity (Wildman–Crippen MR) is 115 cm³/mol. The summed E-state index contributed by atoms with van der Waals surface area (Å²) in [7, 11) is 0. The highest BCUT2D eigenvalue weighted by Crippen LogP contribution is 2.58. The highest BCUT2D eigenvalue weighted by atomic mass is 16.2. The van der Waals surface area contributed by atoms with Crippen molar-refractivity contribution >= 4 is 11.9 Å². The molecule has 160 valence electrons. The number of nitrogens with one attached hydrogen (secondary N) is 1. The normalized spacial score (nSPS) is 33.0. The molecule has 4 aliphatic carbocycles. The third-order valence-electron chi connectivity index (χ3n) is 8.15. The van der Waals surface area contributed by atoms with Crippen molar-refractivity contribution in [3.05, 3.63) is 60.2 Å². The number of carbonyl (C=O) groups is 2. The number of carbonyl (C=O) groups excluding carboxylic acids is 2. The van der Waals surface area contributed by atoms with Gasteiger partial charge in [-0.1, -0.05) is 0 Å². The van der Waals surface area contributed by atoms with Crippen molar-refractivity contribution in [2.45, 2.75) is 62.4 Å². The Morgan fingerprint density at radius 3 is 1.71 bits per heavy atom. The van der Waals surface area contributed by atoms with E-state index in [0.29, 0.717) is 30.6 Å². The van der Waals surface area contributed by atoms with Gasteiger partial charge in [-0.25, -0.2) is 4.79 Å². The molecule has 7 rings (SSSR count). The molecule has 2 aromatic rings.